The first-order valence-electron chi connectivity index (χ1n) is 20.7. The van der Waals surface area contributed by atoms with Gasteiger partial charge in [-0.2, -0.15) is 0 Å². The zero-order valence-electron chi connectivity index (χ0n) is 33.1. The molecule has 0 aliphatic carbocycles. The van der Waals surface area contributed by atoms with Crippen LogP contribution in [-0.2, 0) is 0 Å². The molecule has 0 spiro atoms. The number of benzene rings is 10. The van der Waals surface area contributed by atoms with Crippen LogP contribution in [0.5, 0.6) is 0 Å². The van der Waals surface area contributed by atoms with Crippen LogP contribution in [0.4, 0.5) is 17.1 Å². The summed E-state index contributed by atoms with van der Waals surface area (Å²) in [5.74, 6) is 0. The van der Waals surface area contributed by atoms with Crippen LogP contribution in [0, 0.1) is 0 Å². The zero-order valence-corrected chi connectivity index (χ0v) is 33.1. The predicted octanol–water partition coefficient (Wildman–Crippen LogP) is 16.8. The number of hydrogen-bond acceptors (Lipinski definition) is 3. The molecule has 286 valence electrons. The van der Waals surface area contributed by atoms with Crippen LogP contribution >= 0.6 is 0 Å². The molecule has 61 heavy (non-hydrogen) atoms. The Morgan fingerprint density at radius 1 is 0.262 bits per heavy atom. The van der Waals surface area contributed by atoms with E-state index in [0.717, 1.165) is 94.0 Å². The molecule has 0 amide bonds. The minimum atomic E-state index is 0.892. The summed E-state index contributed by atoms with van der Waals surface area (Å²) >= 11 is 0. The van der Waals surface area contributed by atoms with Gasteiger partial charge in [0.05, 0.1) is 0 Å². The molecule has 0 fully saturated rings. The number of nitrogens with zero attached hydrogens (tertiary/aromatic N) is 1. The van der Waals surface area contributed by atoms with E-state index in [1.165, 1.54) is 22.3 Å². The van der Waals surface area contributed by atoms with E-state index in [0.29, 0.717) is 0 Å². The van der Waals surface area contributed by atoms with Gasteiger partial charge in [0.25, 0.3) is 0 Å². The normalized spacial score (nSPS) is 11.6. The van der Waals surface area contributed by atoms with Gasteiger partial charge in [0.2, 0.25) is 0 Å². The fraction of sp³-hybridized carbons (Fsp3) is 0. The molecule has 12 rings (SSSR count). The van der Waals surface area contributed by atoms with E-state index in [4.69, 9.17) is 8.83 Å². The molecule has 12 aromatic rings. The third kappa shape index (κ3) is 5.98. The smallest absolute Gasteiger partial charge is 0.143 e. The monoisotopic (exact) mass is 779 g/mol. The fourth-order valence-electron chi connectivity index (χ4n) is 9.12. The molecule has 3 nitrogen and oxygen atoms in total. The van der Waals surface area contributed by atoms with Crippen molar-refractivity contribution in [3.05, 3.63) is 224 Å². The van der Waals surface area contributed by atoms with E-state index >= 15 is 0 Å². The lowest BCUT2D eigenvalue weighted by atomic mass is 9.94. The number of furan rings is 2. The molecule has 0 radical (unpaired) electrons. The van der Waals surface area contributed by atoms with Crippen molar-refractivity contribution in [2.75, 3.05) is 4.90 Å². The van der Waals surface area contributed by atoms with Crippen LogP contribution in [0.1, 0.15) is 0 Å². The summed E-state index contributed by atoms with van der Waals surface area (Å²) in [6, 6.07) is 79.9. The molecule has 0 saturated heterocycles. The quantitative estimate of drug-likeness (QED) is 0.161. The van der Waals surface area contributed by atoms with Crippen molar-refractivity contribution in [1.82, 2.24) is 0 Å². The maximum atomic E-state index is 6.66. The van der Waals surface area contributed by atoms with Crippen molar-refractivity contribution in [1.29, 1.82) is 0 Å². The van der Waals surface area contributed by atoms with Gasteiger partial charge in [-0.25, -0.2) is 0 Å². The second-order valence-corrected chi connectivity index (χ2v) is 15.6. The highest BCUT2D eigenvalue weighted by Crippen LogP contribution is 2.43. The molecule has 0 aliphatic heterocycles. The first-order valence-corrected chi connectivity index (χ1v) is 20.7. The van der Waals surface area contributed by atoms with Gasteiger partial charge in [-0.1, -0.05) is 158 Å². The molecule has 2 heterocycles. The molecule has 0 atom stereocenters. The highest BCUT2D eigenvalue weighted by atomic mass is 16.3. The Labute approximate surface area is 353 Å². The molecule has 0 bridgehead atoms. The summed E-state index contributed by atoms with van der Waals surface area (Å²) < 4.78 is 12.9. The van der Waals surface area contributed by atoms with E-state index in [9.17, 15) is 0 Å². The van der Waals surface area contributed by atoms with Crippen molar-refractivity contribution < 1.29 is 8.83 Å². The van der Waals surface area contributed by atoms with Gasteiger partial charge < -0.3 is 13.7 Å². The van der Waals surface area contributed by atoms with E-state index in [1.54, 1.807) is 0 Å². The van der Waals surface area contributed by atoms with Gasteiger partial charge in [-0.05, 0) is 117 Å². The first kappa shape index (κ1) is 34.9. The number of rotatable bonds is 7. The molecule has 0 unspecified atom stereocenters. The van der Waals surface area contributed by atoms with Crippen LogP contribution in [0.2, 0.25) is 0 Å². The van der Waals surface area contributed by atoms with Crippen LogP contribution in [0.3, 0.4) is 0 Å². The number of anilines is 3. The molecule has 0 saturated carbocycles. The molecule has 10 aromatic carbocycles. The number of fused-ring (bicyclic) bond motifs is 8. The Bertz CT molecular complexity index is 3550. The van der Waals surface area contributed by atoms with E-state index in [1.807, 2.05) is 18.2 Å². The Morgan fingerprint density at radius 3 is 1.44 bits per heavy atom. The Hall–Kier alpha value is -8.14. The van der Waals surface area contributed by atoms with Crippen molar-refractivity contribution in [3.8, 4) is 44.5 Å². The van der Waals surface area contributed by atoms with Crippen molar-refractivity contribution in [3.63, 3.8) is 0 Å². The van der Waals surface area contributed by atoms with Gasteiger partial charge >= 0.3 is 0 Å². The SMILES string of the molecule is c1ccc(-c2ccc(N(c3ccc(-c4cc5c6ccc(-c7ccccc7)cc6oc5c5ccccc45)cc3)c3ccc(-c4cccc5oc6ccccc6c45)cc3)cc2)cc1. The summed E-state index contributed by atoms with van der Waals surface area (Å²) in [7, 11) is 0. The predicted molar refractivity (Wildman–Crippen MR) is 255 cm³/mol. The highest BCUT2D eigenvalue weighted by Gasteiger charge is 2.19. The third-order valence-electron chi connectivity index (χ3n) is 12.1. The second-order valence-electron chi connectivity index (χ2n) is 15.6. The maximum absolute atomic E-state index is 6.66. The molecular weight excluding hydrogens is 743 g/mol. The largest absolute Gasteiger partial charge is 0.456 e. The van der Waals surface area contributed by atoms with Crippen LogP contribution in [0.15, 0.2) is 233 Å². The molecule has 0 aliphatic rings. The third-order valence-corrected chi connectivity index (χ3v) is 12.1. The highest BCUT2D eigenvalue weighted by molar-refractivity contribution is 6.19. The standard InChI is InChI=1S/C58H37NO2/c1-3-12-38(13-4-1)40-22-29-44(30-23-40)59(45-31-24-41(25-32-45)47-19-11-21-55-57(47)51-18-9-10-20-54(51)60-55)46-33-26-42(27-34-46)52-37-53-49-35-28-43(39-14-5-2-6-15-39)36-56(49)61-58(53)50-17-8-7-16-48(50)52/h1-37H. The minimum absolute atomic E-state index is 0.892. The van der Waals surface area contributed by atoms with E-state index < -0.39 is 0 Å². The van der Waals surface area contributed by atoms with Crippen molar-refractivity contribution in [2.45, 2.75) is 0 Å². The fourth-order valence-corrected chi connectivity index (χ4v) is 9.12. The Balaban J connectivity index is 0.956. The van der Waals surface area contributed by atoms with Crippen molar-refractivity contribution in [2.24, 2.45) is 0 Å². The molecular formula is C58H37NO2. The Morgan fingerprint density at radius 2 is 0.770 bits per heavy atom. The summed E-state index contributed by atoms with van der Waals surface area (Å²) in [6.45, 7) is 0. The average Bonchev–Trinajstić information content (AvgIpc) is 3.91. The number of para-hydroxylation sites is 1. The van der Waals surface area contributed by atoms with E-state index in [-0.39, 0.29) is 0 Å². The summed E-state index contributed by atoms with van der Waals surface area (Å²) in [4.78, 5) is 2.34. The lowest BCUT2D eigenvalue weighted by Gasteiger charge is -2.26. The molecule has 0 N–H and O–H groups in total. The summed E-state index contributed by atoms with van der Waals surface area (Å²) in [5.41, 5.74) is 16.1. The Kier molecular flexibility index (Phi) is 8.17. The van der Waals surface area contributed by atoms with E-state index in [2.05, 4.69) is 211 Å². The maximum Gasteiger partial charge on any atom is 0.143 e. The van der Waals surface area contributed by atoms with Gasteiger partial charge in [0.15, 0.2) is 0 Å². The lowest BCUT2D eigenvalue weighted by Crippen LogP contribution is -2.09. The first-order chi connectivity index (χ1) is 30.2. The van der Waals surface area contributed by atoms with Crippen LogP contribution in [-0.4, -0.2) is 0 Å². The lowest BCUT2D eigenvalue weighted by molar-refractivity contribution is 0.669. The average molecular weight is 780 g/mol. The topological polar surface area (TPSA) is 29.5 Å². The number of hydrogen-bond donors (Lipinski definition) is 0. The zero-order chi connectivity index (χ0) is 40.3. The van der Waals surface area contributed by atoms with Gasteiger partial charge in [0.1, 0.15) is 22.3 Å². The van der Waals surface area contributed by atoms with Gasteiger partial charge in [-0.15, -0.1) is 0 Å². The summed E-state index contributed by atoms with van der Waals surface area (Å²) in [6.07, 6.45) is 0. The summed E-state index contributed by atoms with van der Waals surface area (Å²) in [5, 5.41) is 6.77. The minimum Gasteiger partial charge on any atom is -0.456 e. The second kappa shape index (κ2) is 14.3. The molecule has 2 aromatic heterocycles. The van der Waals surface area contributed by atoms with Crippen LogP contribution in [0.25, 0.3) is 99.2 Å². The van der Waals surface area contributed by atoms with Gasteiger partial charge in [0, 0.05) is 44.0 Å². The van der Waals surface area contributed by atoms with Crippen molar-refractivity contribution >= 4 is 71.7 Å². The van der Waals surface area contributed by atoms with Crippen LogP contribution < -0.4 is 4.90 Å². The van der Waals surface area contributed by atoms with Gasteiger partial charge in [-0.3, -0.25) is 0 Å². The molecule has 3 heteroatoms.